The van der Waals surface area contributed by atoms with E-state index in [-0.39, 0.29) is 12.6 Å². The lowest BCUT2D eigenvalue weighted by atomic mass is 10.1. The fourth-order valence-electron chi connectivity index (χ4n) is 2.59. The number of aromatic hydroxyl groups is 1. The molecular formula is C15H19N3O9. The Balaban J connectivity index is 2.45. The molecule has 4 atom stereocenters. The second-order valence-corrected chi connectivity index (χ2v) is 5.71. The highest BCUT2D eigenvalue weighted by Crippen LogP contribution is 2.35. The van der Waals surface area contributed by atoms with Gasteiger partial charge in [0.1, 0.15) is 12.7 Å². The van der Waals surface area contributed by atoms with Crippen molar-refractivity contribution in [3.8, 4) is 5.75 Å². The third-order valence-corrected chi connectivity index (χ3v) is 3.58. The number of hydrogen-bond donors (Lipinski definition) is 2. The van der Waals surface area contributed by atoms with Gasteiger partial charge >= 0.3 is 23.5 Å². The molecule has 12 nitrogen and oxygen atoms in total. The van der Waals surface area contributed by atoms with E-state index in [0.717, 1.165) is 24.6 Å². The van der Waals surface area contributed by atoms with Gasteiger partial charge in [-0.3, -0.25) is 23.7 Å². The fourth-order valence-corrected chi connectivity index (χ4v) is 2.59. The largest absolute Gasteiger partial charge is 0.502 e. The highest BCUT2D eigenvalue weighted by Gasteiger charge is 2.51. The Labute approximate surface area is 152 Å². The van der Waals surface area contributed by atoms with Gasteiger partial charge in [-0.15, -0.1) is 0 Å². The average Bonchev–Trinajstić information content (AvgIpc) is 2.85. The molecule has 0 bridgehead atoms. The lowest BCUT2D eigenvalue weighted by molar-refractivity contribution is -0.166. The molecule has 1 saturated heterocycles. The number of anilines is 1. The Morgan fingerprint density at radius 1 is 1.19 bits per heavy atom. The van der Waals surface area contributed by atoms with E-state index in [1.54, 1.807) is 0 Å². The summed E-state index contributed by atoms with van der Waals surface area (Å²) in [4.78, 5) is 49.0. The normalized spacial score (nSPS) is 24.3. The molecule has 0 spiro atoms. The van der Waals surface area contributed by atoms with Crippen molar-refractivity contribution in [2.45, 2.75) is 45.3 Å². The minimum atomic E-state index is -1.21. The van der Waals surface area contributed by atoms with E-state index < -0.39 is 53.8 Å². The van der Waals surface area contributed by atoms with E-state index in [9.17, 15) is 24.3 Å². The number of esters is 3. The van der Waals surface area contributed by atoms with Crippen LogP contribution in [0.2, 0.25) is 0 Å². The van der Waals surface area contributed by atoms with Crippen LogP contribution in [0.25, 0.3) is 0 Å². The number of nitrogen functional groups attached to an aromatic ring is 1. The maximum absolute atomic E-state index is 11.5. The highest BCUT2D eigenvalue weighted by atomic mass is 16.7. The zero-order valence-corrected chi connectivity index (χ0v) is 14.8. The third-order valence-electron chi connectivity index (χ3n) is 3.58. The average molecular weight is 385 g/mol. The second-order valence-electron chi connectivity index (χ2n) is 5.71. The molecule has 0 aliphatic carbocycles. The van der Waals surface area contributed by atoms with E-state index >= 15 is 0 Å². The van der Waals surface area contributed by atoms with Crippen molar-refractivity contribution >= 4 is 23.9 Å². The lowest BCUT2D eigenvalue weighted by Crippen LogP contribution is -2.40. The van der Waals surface area contributed by atoms with Crippen LogP contribution in [0.5, 0.6) is 5.75 Å². The minimum Gasteiger partial charge on any atom is -0.502 e. The maximum Gasteiger partial charge on any atom is 0.316 e. The fraction of sp³-hybridized carbons (Fsp3) is 0.533. The van der Waals surface area contributed by atoms with Crippen LogP contribution in [0.1, 0.15) is 27.0 Å². The van der Waals surface area contributed by atoms with Gasteiger partial charge in [-0.05, 0) is 0 Å². The first-order valence-electron chi connectivity index (χ1n) is 7.81. The van der Waals surface area contributed by atoms with Crippen molar-refractivity contribution in [3.63, 3.8) is 0 Å². The lowest BCUT2D eigenvalue weighted by Gasteiger charge is -2.24. The molecule has 1 fully saturated rings. The van der Waals surface area contributed by atoms with Gasteiger partial charge in [0.2, 0.25) is 5.95 Å². The minimum absolute atomic E-state index is 0.305. The number of hydrogen-bond acceptors (Lipinski definition) is 11. The first-order valence-corrected chi connectivity index (χ1v) is 7.81. The van der Waals surface area contributed by atoms with Crippen LogP contribution in [0.4, 0.5) is 5.95 Å². The van der Waals surface area contributed by atoms with Crippen molar-refractivity contribution in [3.05, 3.63) is 16.6 Å². The molecule has 0 radical (unpaired) electrons. The molecule has 3 N–H and O–H groups in total. The molecule has 0 saturated carbocycles. The Hall–Kier alpha value is -3.15. The molecule has 148 valence electrons. The standard InChI is InChI=1S/C15H19N3O9/c1-6(19)24-5-10-11(25-7(2)20)12(26-8(3)21)14(27-10)18-4-9(22)13(23)17-15(18)16/h4,10-12,14,22H,5H2,1-3H3,(H2,16,17,23)/t10-,11-,12-,14-/m1/s1. The Bertz CT molecular complexity index is 806. The molecule has 0 unspecified atom stereocenters. The van der Waals surface area contributed by atoms with Gasteiger partial charge in [-0.2, -0.15) is 4.98 Å². The quantitative estimate of drug-likeness (QED) is 0.463. The van der Waals surface area contributed by atoms with E-state index in [0.29, 0.717) is 0 Å². The molecule has 1 aromatic heterocycles. The SMILES string of the molecule is CC(=O)OC[C@H]1O[C@@H](n2cc(O)c(=O)nc2N)[C@H](OC(C)=O)[C@@H]1OC(C)=O. The number of carbonyl (C=O) groups is 3. The molecule has 1 aliphatic rings. The summed E-state index contributed by atoms with van der Waals surface area (Å²) >= 11 is 0. The second kappa shape index (κ2) is 8.03. The Morgan fingerprint density at radius 3 is 2.33 bits per heavy atom. The summed E-state index contributed by atoms with van der Waals surface area (Å²) in [7, 11) is 0. The topological polar surface area (TPSA) is 169 Å². The van der Waals surface area contributed by atoms with E-state index in [2.05, 4.69) is 4.98 Å². The molecule has 27 heavy (non-hydrogen) atoms. The van der Waals surface area contributed by atoms with Crippen LogP contribution in [-0.4, -0.2) is 57.5 Å². The molecule has 12 heteroatoms. The van der Waals surface area contributed by atoms with Gasteiger partial charge < -0.3 is 29.8 Å². The summed E-state index contributed by atoms with van der Waals surface area (Å²) in [6.45, 7) is 3.15. The predicted octanol–water partition coefficient (Wildman–Crippen LogP) is -1.14. The first-order chi connectivity index (χ1) is 12.6. The zero-order chi connectivity index (χ0) is 20.3. The number of carbonyl (C=O) groups excluding carboxylic acids is 3. The number of nitrogens with two attached hydrogens (primary N) is 1. The van der Waals surface area contributed by atoms with Crippen molar-refractivity contribution < 1.29 is 38.4 Å². The molecule has 1 aromatic rings. The molecule has 2 heterocycles. The molecule has 1 aliphatic heterocycles. The summed E-state index contributed by atoms with van der Waals surface area (Å²) < 4.78 is 22.0. The molecular weight excluding hydrogens is 366 g/mol. The van der Waals surface area contributed by atoms with Crippen LogP contribution in [0.3, 0.4) is 0 Å². The molecule has 2 rings (SSSR count). The number of rotatable bonds is 5. The highest BCUT2D eigenvalue weighted by molar-refractivity contribution is 5.68. The monoisotopic (exact) mass is 385 g/mol. The zero-order valence-electron chi connectivity index (χ0n) is 14.8. The first kappa shape index (κ1) is 20.2. The van der Waals surface area contributed by atoms with Gasteiger partial charge in [0.15, 0.2) is 24.2 Å². The summed E-state index contributed by atoms with van der Waals surface area (Å²) in [5.41, 5.74) is 4.75. The summed E-state index contributed by atoms with van der Waals surface area (Å²) in [5.74, 6) is -3.06. The van der Waals surface area contributed by atoms with Crippen LogP contribution in [-0.2, 0) is 33.3 Å². The number of nitrogens with zero attached hydrogens (tertiary/aromatic N) is 2. The van der Waals surface area contributed by atoms with Crippen LogP contribution in [0, 0.1) is 0 Å². The van der Waals surface area contributed by atoms with E-state index in [4.69, 9.17) is 24.7 Å². The van der Waals surface area contributed by atoms with Gasteiger partial charge in [0, 0.05) is 20.8 Å². The van der Waals surface area contributed by atoms with Crippen LogP contribution >= 0.6 is 0 Å². The molecule has 0 amide bonds. The number of aromatic nitrogens is 2. The predicted molar refractivity (Wildman–Crippen MR) is 86.2 cm³/mol. The molecule has 0 aromatic carbocycles. The number of ether oxygens (including phenoxy) is 4. The third kappa shape index (κ3) is 4.73. The van der Waals surface area contributed by atoms with Crippen molar-refractivity contribution in [2.75, 3.05) is 12.3 Å². The smallest absolute Gasteiger partial charge is 0.316 e. The van der Waals surface area contributed by atoms with Gasteiger partial charge in [-0.25, -0.2) is 0 Å². The van der Waals surface area contributed by atoms with Crippen molar-refractivity contribution in [1.82, 2.24) is 9.55 Å². The Kier molecular flexibility index (Phi) is 6.00. The van der Waals surface area contributed by atoms with Crippen molar-refractivity contribution in [1.29, 1.82) is 0 Å². The van der Waals surface area contributed by atoms with Crippen LogP contribution < -0.4 is 11.3 Å². The van der Waals surface area contributed by atoms with Gasteiger partial charge in [0.05, 0.1) is 6.20 Å². The van der Waals surface area contributed by atoms with Crippen LogP contribution in [0.15, 0.2) is 11.0 Å². The van der Waals surface area contributed by atoms with Gasteiger partial charge in [0.25, 0.3) is 0 Å². The summed E-state index contributed by atoms with van der Waals surface area (Å²) in [6.07, 6.45) is -3.62. The summed E-state index contributed by atoms with van der Waals surface area (Å²) in [5, 5.41) is 9.64. The Morgan fingerprint density at radius 2 is 1.78 bits per heavy atom. The van der Waals surface area contributed by atoms with Gasteiger partial charge in [-0.1, -0.05) is 0 Å². The van der Waals surface area contributed by atoms with E-state index in [1.165, 1.54) is 6.92 Å². The maximum atomic E-state index is 11.5. The summed E-state index contributed by atoms with van der Waals surface area (Å²) in [6, 6.07) is 0. The van der Waals surface area contributed by atoms with E-state index in [1.807, 2.05) is 0 Å². The van der Waals surface area contributed by atoms with Crippen molar-refractivity contribution in [2.24, 2.45) is 0 Å².